The second-order valence-electron chi connectivity index (χ2n) is 5.47. The third-order valence-electron chi connectivity index (χ3n) is 4.05. The molecule has 0 unspecified atom stereocenters. The summed E-state index contributed by atoms with van der Waals surface area (Å²) in [6.07, 6.45) is 3.85. The van der Waals surface area contributed by atoms with Gasteiger partial charge in [0.1, 0.15) is 11.9 Å². The molecule has 2 aromatic rings. The van der Waals surface area contributed by atoms with Crippen LogP contribution >= 0.6 is 11.6 Å². The number of aromatic nitrogens is 1. The average Bonchev–Trinajstić information content (AvgIpc) is 3.04. The van der Waals surface area contributed by atoms with Gasteiger partial charge in [0.15, 0.2) is 0 Å². The van der Waals surface area contributed by atoms with Crippen LogP contribution in [0, 0.1) is 5.82 Å². The standard InChI is InChI=1S/C17H16ClFN2O2/c1-21(17(22)13-5-4-12(18)9-14(13)19)15-6-8-23-16(15)11-3-2-7-20-10-11/h2-5,7,9-10,15-16H,6,8H2,1H3/t15-,16+/m0/s1. The Hall–Kier alpha value is -1.98. The Labute approximate surface area is 138 Å². The zero-order valence-electron chi connectivity index (χ0n) is 12.6. The molecule has 0 spiro atoms. The second-order valence-corrected chi connectivity index (χ2v) is 5.91. The Kier molecular flexibility index (Phi) is 4.59. The van der Waals surface area contributed by atoms with Crippen LogP contribution in [0.5, 0.6) is 0 Å². The molecule has 1 amide bonds. The molecular formula is C17H16ClFN2O2. The lowest BCUT2D eigenvalue weighted by Crippen LogP contribution is -2.39. The number of benzene rings is 1. The van der Waals surface area contributed by atoms with Gasteiger partial charge in [-0.15, -0.1) is 0 Å². The van der Waals surface area contributed by atoms with Crippen LogP contribution < -0.4 is 0 Å². The molecule has 1 fully saturated rings. The minimum atomic E-state index is -0.619. The molecule has 120 valence electrons. The van der Waals surface area contributed by atoms with E-state index in [1.165, 1.54) is 17.0 Å². The molecule has 0 aliphatic carbocycles. The summed E-state index contributed by atoms with van der Waals surface area (Å²) in [5.41, 5.74) is 0.917. The zero-order chi connectivity index (χ0) is 16.4. The van der Waals surface area contributed by atoms with Crippen molar-refractivity contribution in [2.75, 3.05) is 13.7 Å². The largest absolute Gasteiger partial charge is 0.371 e. The van der Waals surface area contributed by atoms with Gasteiger partial charge in [0.25, 0.3) is 5.91 Å². The Morgan fingerprint density at radius 1 is 1.43 bits per heavy atom. The molecule has 2 atom stereocenters. The Morgan fingerprint density at radius 2 is 2.26 bits per heavy atom. The molecule has 23 heavy (non-hydrogen) atoms. The Bertz CT molecular complexity index is 711. The highest BCUT2D eigenvalue weighted by atomic mass is 35.5. The quantitative estimate of drug-likeness (QED) is 0.863. The summed E-state index contributed by atoms with van der Waals surface area (Å²) in [4.78, 5) is 18.2. The van der Waals surface area contributed by atoms with Gasteiger partial charge in [-0.2, -0.15) is 0 Å². The maximum absolute atomic E-state index is 14.0. The number of hydrogen-bond acceptors (Lipinski definition) is 3. The van der Waals surface area contributed by atoms with E-state index in [1.54, 1.807) is 19.4 Å². The first-order valence-electron chi connectivity index (χ1n) is 7.31. The lowest BCUT2D eigenvalue weighted by Gasteiger charge is -2.29. The number of halogens is 2. The fraction of sp³-hybridized carbons (Fsp3) is 0.294. The van der Waals surface area contributed by atoms with E-state index in [-0.39, 0.29) is 28.6 Å². The molecule has 1 aromatic heterocycles. The summed E-state index contributed by atoms with van der Waals surface area (Å²) in [5, 5.41) is 0.263. The predicted octanol–water partition coefficient (Wildman–Crippen LogP) is 3.48. The Balaban J connectivity index is 1.84. The van der Waals surface area contributed by atoms with E-state index in [0.29, 0.717) is 13.0 Å². The summed E-state index contributed by atoms with van der Waals surface area (Å²) in [6, 6.07) is 7.64. The van der Waals surface area contributed by atoms with Gasteiger partial charge in [-0.05, 0) is 30.7 Å². The van der Waals surface area contributed by atoms with Crippen molar-refractivity contribution in [2.45, 2.75) is 18.6 Å². The first-order valence-corrected chi connectivity index (χ1v) is 7.69. The fourth-order valence-electron chi connectivity index (χ4n) is 2.84. The number of carbonyl (C=O) groups excluding carboxylic acids is 1. The number of rotatable bonds is 3. The molecule has 4 nitrogen and oxygen atoms in total. The molecule has 0 saturated carbocycles. The number of amides is 1. The van der Waals surface area contributed by atoms with Crippen molar-refractivity contribution in [3.63, 3.8) is 0 Å². The number of pyridine rings is 1. The van der Waals surface area contributed by atoms with Crippen molar-refractivity contribution in [2.24, 2.45) is 0 Å². The van der Waals surface area contributed by atoms with Crippen LogP contribution in [0.1, 0.15) is 28.4 Å². The van der Waals surface area contributed by atoms with Crippen LogP contribution in [-0.4, -0.2) is 35.5 Å². The van der Waals surface area contributed by atoms with Crippen LogP contribution in [-0.2, 0) is 4.74 Å². The van der Waals surface area contributed by atoms with Gasteiger partial charge in [-0.3, -0.25) is 9.78 Å². The van der Waals surface area contributed by atoms with Crippen molar-refractivity contribution in [1.29, 1.82) is 0 Å². The first kappa shape index (κ1) is 15.9. The van der Waals surface area contributed by atoms with Gasteiger partial charge >= 0.3 is 0 Å². The van der Waals surface area contributed by atoms with E-state index < -0.39 is 5.82 Å². The van der Waals surface area contributed by atoms with Crippen LogP contribution in [0.3, 0.4) is 0 Å². The predicted molar refractivity (Wildman–Crippen MR) is 84.8 cm³/mol. The zero-order valence-corrected chi connectivity index (χ0v) is 13.3. The minimum Gasteiger partial charge on any atom is -0.371 e. The second kappa shape index (κ2) is 6.64. The third-order valence-corrected chi connectivity index (χ3v) is 4.29. The molecular weight excluding hydrogens is 319 g/mol. The molecule has 0 N–H and O–H groups in total. The summed E-state index contributed by atoms with van der Waals surface area (Å²) in [7, 11) is 1.67. The van der Waals surface area contributed by atoms with E-state index >= 15 is 0 Å². The molecule has 6 heteroatoms. The maximum Gasteiger partial charge on any atom is 0.256 e. The van der Waals surface area contributed by atoms with Gasteiger partial charge in [0.2, 0.25) is 0 Å². The first-order chi connectivity index (χ1) is 11.1. The van der Waals surface area contributed by atoms with Crippen LogP contribution in [0.2, 0.25) is 5.02 Å². The van der Waals surface area contributed by atoms with Crippen LogP contribution in [0.25, 0.3) is 0 Å². The van der Waals surface area contributed by atoms with E-state index in [0.717, 1.165) is 11.6 Å². The molecule has 1 aromatic carbocycles. The molecule has 0 bridgehead atoms. The highest BCUT2D eigenvalue weighted by Crippen LogP contribution is 2.32. The van der Waals surface area contributed by atoms with E-state index in [9.17, 15) is 9.18 Å². The van der Waals surface area contributed by atoms with Crippen molar-refractivity contribution < 1.29 is 13.9 Å². The molecule has 1 saturated heterocycles. The topological polar surface area (TPSA) is 42.4 Å². The lowest BCUT2D eigenvalue weighted by molar-refractivity contribution is 0.0511. The summed E-state index contributed by atoms with van der Waals surface area (Å²) in [6.45, 7) is 0.547. The highest BCUT2D eigenvalue weighted by Gasteiger charge is 2.35. The number of ether oxygens (including phenoxy) is 1. The molecule has 3 rings (SSSR count). The van der Waals surface area contributed by atoms with Crippen molar-refractivity contribution >= 4 is 17.5 Å². The molecule has 0 radical (unpaired) electrons. The SMILES string of the molecule is CN(C(=O)c1ccc(Cl)cc1F)[C@H]1CCO[C@@H]1c1cccnc1. The smallest absolute Gasteiger partial charge is 0.256 e. The lowest BCUT2D eigenvalue weighted by atomic mass is 10.0. The van der Waals surface area contributed by atoms with Gasteiger partial charge in [0.05, 0.1) is 11.6 Å². The van der Waals surface area contributed by atoms with Gasteiger partial charge < -0.3 is 9.64 Å². The van der Waals surface area contributed by atoms with E-state index in [4.69, 9.17) is 16.3 Å². The van der Waals surface area contributed by atoms with Gasteiger partial charge in [-0.1, -0.05) is 17.7 Å². The number of likely N-dealkylation sites (N-methyl/N-ethyl adjacent to an activating group) is 1. The summed E-state index contributed by atoms with van der Waals surface area (Å²) >= 11 is 5.74. The molecule has 1 aliphatic rings. The summed E-state index contributed by atoms with van der Waals surface area (Å²) in [5.74, 6) is -1.00. The monoisotopic (exact) mass is 334 g/mol. The maximum atomic E-state index is 14.0. The van der Waals surface area contributed by atoms with Crippen molar-refractivity contribution in [3.05, 3.63) is 64.7 Å². The number of hydrogen-bond donors (Lipinski definition) is 0. The fourth-order valence-corrected chi connectivity index (χ4v) is 3.00. The molecule has 1 aliphatic heterocycles. The van der Waals surface area contributed by atoms with Crippen molar-refractivity contribution in [3.8, 4) is 0 Å². The Morgan fingerprint density at radius 3 is 2.96 bits per heavy atom. The van der Waals surface area contributed by atoms with E-state index in [1.807, 2.05) is 12.1 Å². The highest BCUT2D eigenvalue weighted by molar-refractivity contribution is 6.30. The molecule has 2 heterocycles. The van der Waals surface area contributed by atoms with Gasteiger partial charge in [-0.25, -0.2) is 4.39 Å². The average molecular weight is 335 g/mol. The minimum absolute atomic E-state index is 0.00809. The van der Waals surface area contributed by atoms with Crippen LogP contribution in [0.15, 0.2) is 42.7 Å². The number of carbonyl (C=O) groups is 1. The van der Waals surface area contributed by atoms with Crippen molar-refractivity contribution in [1.82, 2.24) is 9.88 Å². The number of nitrogens with zero attached hydrogens (tertiary/aromatic N) is 2. The third kappa shape index (κ3) is 3.21. The summed E-state index contributed by atoms with van der Waals surface area (Å²) < 4.78 is 19.8. The van der Waals surface area contributed by atoms with Gasteiger partial charge in [0, 0.05) is 36.6 Å². The normalized spacial score (nSPS) is 20.5. The van der Waals surface area contributed by atoms with E-state index in [2.05, 4.69) is 4.98 Å². The van der Waals surface area contributed by atoms with Crippen LogP contribution in [0.4, 0.5) is 4.39 Å².